The highest BCUT2D eigenvalue weighted by Gasteiger charge is 2.26. The van der Waals surface area contributed by atoms with Crippen molar-refractivity contribution in [3.63, 3.8) is 0 Å². The van der Waals surface area contributed by atoms with Crippen molar-refractivity contribution in [1.29, 1.82) is 0 Å². The van der Waals surface area contributed by atoms with E-state index >= 15 is 0 Å². The third kappa shape index (κ3) is 2.92. The van der Waals surface area contributed by atoms with Crippen molar-refractivity contribution in [3.8, 4) is 0 Å². The van der Waals surface area contributed by atoms with Crippen LogP contribution in [-0.2, 0) is 19.9 Å². The van der Waals surface area contributed by atoms with Crippen LogP contribution < -0.4 is 0 Å². The molecule has 3 aromatic rings. The number of hydrogen-bond donors (Lipinski definition) is 1. The van der Waals surface area contributed by atoms with E-state index in [4.69, 9.17) is 0 Å². The molecule has 0 bridgehead atoms. The number of benzene rings is 2. The SMILES string of the molecule is CS(=O)(=O)c1ccc2c(c1)cc(C(=O)O)n2S(=O)(=O)c1ccccc1. The Balaban J connectivity index is 2.38. The standard InChI is InChI=1S/C16H13NO6S2/c1-24(20,21)13-7-8-14-11(9-13)10-15(16(18)19)17(14)25(22,23)12-5-3-2-4-6-12/h2-10H,1H3,(H,18,19). The molecule has 1 aromatic heterocycles. The summed E-state index contributed by atoms with van der Waals surface area (Å²) < 4.78 is 49.9. The Kier molecular flexibility index (Phi) is 3.92. The number of hydrogen-bond acceptors (Lipinski definition) is 5. The van der Waals surface area contributed by atoms with Gasteiger partial charge in [-0.05, 0) is 36.4 Å². The number of carbonyl (C=O) groups is 1. The molecule has 0 unspecified atom stereocenters. The highest BCUT2D eigenvalue weighted by Crippen LogP contribution is 2.28. The van der Waals surface area contributed by atoms with E-state index in [0.29, 0.717) is 3.97 Å². The molecule has 1 N–H and O–H groups in total. The Morgan fingerprint density at radius 3 is 2.12 bits per heavy atom. The molecule has 1 heterocycles. The Labute approximate surface area is 144 Å². The number of nitrogens with zero attached hydrogens (tertiary/aromatic N) is 1. The van der Waals surface area contributed by atoms with E-state index in [1.165, 1.54) is 42.5 Å². The molecule has 7 nitrogen and oxygen atoms in total. The van der Waals surface area contributed by atoms with Crippen molar-refractivity contribution in [2.75, 3.05) is 6.26 Å². The molecule has 0 fully saturated rings. The fraction of sp³-hybridized carbons (Fsp3) is 0.0625. The third-order valence-electron chi connectivity index (χ3n) is 3.66. The summed E-state index contributed by atoms with van der Waals surface area (Å²) in [4.78, 5) is 11.5. The first-order chi connectivity index (χ1) is 11.6. The van der Waals surface area contributed by atoms with E-state index in [1.807, 2.05) is 0 Å². The molecule has 0 radical (unpaired) electrons. The number of carboxylic acid groups (broad SMARTS) is 1. The molecular weight excluding hydrogens is 366 g/mol. The third-order valence-corrected chi connectivity index (χ3v) is 6.51. The summed E-state index contributed by atoms with van der Waals surface area (Å²) in [7, 11) is -7.67. The van der Waals surface area contributed by atoms with Gasteiger partial charge in [-0.25, -0.2) is 25.6 Å². The summed E-state index contributed by atoms with van der Waals surface area (Å²) in [6.07, 6.45) is 1.02. The van der Waals surface area contributed by atoms with Crippen molar-refractivity contribution >= 4 is 36.7 Å². The van der Waals surface area contributed by atoms with E-state index in [-0.39, 0.29) is 20.7 Å². The average Bonchev–Trinajstić information content (AvgIpc) is 2.94. The van der Waals surface area contributed by atoms with E-state index in [9.17, 15) is 26.7 Å². The monoisotopic (exact) mass is 379 g/mol. The molecule has 9 heteroatoms. The first-order valence-electron chi connectivity index (χ1n) is 7.02. The van der Waals surface area contributed by atoms with Crippen molar-refractivity contribution in [2.24, 2.45) is 0 Å². The molecule has 0 saturated carbocycles. The minimum Gasteiger partial charge on any atom is -0.477 e. The van der Waals surface area contributed by atoms with Gasteiger partial charge in [0.1, 0.15) is 5.69 Å². The Hall–Kier alpha value is -2.65. The average molecular weight is 379 g/mol. The molecule has 0 aliphatic rings. The lowest BCUT2D eigenvalue weighted by atomic mass is 10.2. The highest BCUT2D eigenvalue weighted by atomic mass is 32.2. The van der Waals surface area contributed by atoms with Gasteiger partial charge in [-0.1, -0.05) is 18.2 Å². The Bertz CT molecular complexity index is 1190. The molecule has 0 saturated heterocycles. The maximum Gasteiger partial charge on any atom is 0.353 e. The summed E-state index contributed by atoms with van der Waals surface area (Å²) in [5.41, 5.74) is -0.377. The van der Waals surface area contributed by atoms with Crippen LogP contribution in [0, 0.1) is 0 Å². The van der Waals surface area contributed by atoms with Crippen molar-refractivity contribution < 1.29 is 26.7 Å². The van der Waals surface area contributed by atoms with Crippen molar-refractivity contribution in [3.05, 3.63) is 60.3 Å². The normalized spacial score (nSPS) is 12.4. The lowest BCUT2D eigenvalue weighted by Gasteiger charge is -2.10. The van der Waals surface area contributed by atoms with Gasteiger partial charge in [-0.15, -0.1) is 0 Å². The van der Waals surface area contributed by atoms with Gasteiger partial charge in [0.05, 0.1) is 15.3 Å². The van der Waals surface area contributed by atoms with Gasteiger partial charge in [0.15, 0.2) is 9.84 Å². The number of aromatic nitrogens is 1. The lowest BCUT2D eigenvalue weighted by molar-refractivity contribution is 0.0689. The lowest BCUT2D eigenvalue weighted by Crippen LogP contribution is -2.18. The fourth-order valence-corrected chi connectivity index (χ4v) is 4.69. The zero-order valence-corrected chi connectivity index (χ0v) is 14.6. The number of fused-ring (bicyclic) bond motifs is 1. The second-order valence-electron chi connectivity index (χ2n) is 5.41. The second-order valence-corrected chi connectivity index (χ2v) is 9.21. The molecule has 0 amide bonds. The van der Waals surface area contributed by atoms with Gasteiger partial charge < -0.3 is 5.11 Å². The van der Waals surface area contributed by atoms with Crippen LogP contribution in [0.1, 0.15) is 10.5 Å². The number of carboxylic acids is 1. The molecule has 3 rings (SSSR count). The summed E-state index contributed by atoms with van der Waals surface area (Å²) >= 11 is 0. The summed E-state index contributed by atoms with van der Waals surface area (Å²) in [6.45, 7) is 0. The minimum absolute atomic E-state index is 0.0220. The first kappa shape index (κ1) is 17.2. The predicted octanol–water partition coefficient (Wildman–Crippen LogP) is 1.98. The van der Waals surface area contributed by atoms with Crippen LogP contribution in [0.4, 0.5) is 0 Å². The Morgan fingerprint density at radius 1 is 0.920 bits per heavy atom. The highest BCUT2D eigenvalue weighted by molar-refractivity contribution is 7.90. The topological polar surface area (TPSA) is 111 Å². The molecule has 0 aliphatic heterocycles. The van der Waals surface area contributed by atoms with Gasteiger partial charge in [0.25, 0.3) is 10.0 Å². The second kappa shape index (κ2) is 5.71. The zero-order valence-electron chi connectivity index (χ0n) is 12.9. The van der Waals surface area contributed by atoms with E-state index in [1.54, 1.807) is 6.07 Å². The van der Waals surface area contributed by atoms with Gasteiger partial charge in [-0.2, -0.15) is 0 Å². The van der Waals surface area contributed by atoms with Crippen LogP contribution in [0.5, 0.6) is 0 Å². The smallest absolute Gasteiger partial charge is 0.353 e. The van der Waals surface area contributed by atoms with Gasteiger partial charge in [0, 0.05) is 11.6 Å². The molecular formula is C16H13NO6S2. The largest absolute Gasteiger partial charge is 0.477 e. The van der Waals surface area contributed by atoms with Crippen LogP contribution in [-0.4, -0.2) is 38.1 Å². The molecule has 2 aromatic carbocycles. The van der Waals surface area contributed by atoms with Crippen molar-refractivity contribution in [2.45, 2.75) is 9.79 Å². The number of rotatable bonds is 4. The fourth-order valence-electron chi connectivity index (χ4n) is 2.50. The molecule has 130 valence electrons. The van der Waals surface area contributed by atoms with Gasteiger partial charge in [-0.3, -0.25) is 0 Å². The maximum atomic E-state index is 12.9. The van der Waals surface area contributed by atoms with Crippen LogP contribution in [0.25, 0.3) is 10.9 Å². The molecule has 0 aliphatic carbocycles. The van der Waals surface area contributed by atoms with E-state index in [2.05, 4.69) is 0 Å². The number of aromatic carboxylic acids is 1. The minimum atomic E-state index is -4.16. The van der Waals surface area contributed by atoms with Gasteiger partial charge in [0.2, 0.25) is 0 Å². The van der Waals surface area contributed by atoms with E-state index < -0.39 is 31.5 Å². The summed E-state index contributed by atoms with van der Waals surface area (Å²) in [5.74, 6) is -1.43. The molecule has 0 spiro atoms. The van der Waals surface area contributed by atoms with Crippen molar-refractivity contribution in [1.82, 2.24) is 3.97 Å². The predicted molar refractivity (Wildman–Crippen MR) is 91.0 cm³/mol. The zero-order chi connectivity index (χ0) is 18.4. The van der Waals surface area contributed by atoms with Crippen LogP contribution in [0.15, 0.2) is 64.4 Å². The molecule has 0 atom stereocenters. The Morgan fingerprint density at radius 2 is 1.56 bits per heavy atom. The van der Waals surface area contributed by atoms with Crippen LogP contribution >= 0.6 is 0 Å². The van der Waals surface area contributed by atoms with Crippen LogP contribution in [0.3, 0.4) is 0 Å². The number of sulfone groups is 1. The molecule has 25 heavy (non-hydrogen) atoms. The van der Waals surface area contributed by atoms with E-state index in [0.717, 1.165) is 12.3 Å². The van der Waals surface area contributed by atoms with Gasteiger partial charge >= 0.3 is 5.97 Å². The maximum absolute atomic E-state index is 12.9. The summed E-state index contributed by atoms with van der Waals surface area (Å²) in [6, 6.07) is 12.4. The summed E-state index contributed by atoms with van der Waals surface area (Å²) in [5, 5.41) is 9.61. The van der Waals surface area contributed by atoms with Crippen LogP contribution in [0.2, 0.25) is 0 Å². The first-order valence-corrected chi connectivity index (χ1v) is 10.3. The quantitative estimate of drug-likeness (QED) is 0.742.